The summed E-state index contributed by atoms with van der Waals surface area (Å²) in [5.74, 6) is 1.91. The lowest BCUT2D eigenvalue weighted by Crippen LogP contribution is -2.27. The number of benzene rings is 1. The predicted molar refractivity (Wildman–Crippen MR) is 79.7 cm³/mol. The second kappa shape index (κ2) is 7.78. The van der Waals surface area contributed by atoms with E-state index in [9.17, 15) is 0 Å². The van der Waals surface area contributed by atoms with Gasteiger partial charge in [0, 0.05) is 18.3 Å². The number of thioether (sulfide) groups is 1. The minimum atomic E-state index is 0.584. The molecule has 0 radical (unpaired) electrons. The van der Waals surface area contributed by atoms with E-state index in [0.29, 0.717) is 6.04 Å². The van der Waals surface area contributed by atoms with Crippen LogP contribution >= 0.6 is 11.8 Å². The van der Waals surface area contributed by atoms with E-state index in [2.05, 4.69) is 56.6 Å². The number of nitrogens with one attached hydrogen (secondary N) is 1. The van der Waals surface area contributed by atoms with Crippen LogP contribution in [0.1, 0.15) is 31.9 Å². The fourth-order valence-corrected chi connectivity index (χ4v) is 2.48. The third-order valence-corrected chi connectivity index (χ3v) is 3.57. The molecule has 0 saturated carbocycles. The highest BCUT2D eigenvalue weighted by atomic mass is 32.2. The normalized spacial score (nSPS) is 13.0. The Bertz CT molecular complexity index is 305. The van der Waals surface area contributed by atoms with Crippen molar-refractivity contribution in [2.24, 2.45) is 5.92 Å². The Balaban J connectivity index is 2.40. The molecule has 1 aromatic rings. The third kappa shape index (κ3) is 6.13. The third-order valence-electron chi connectivity index (χ3n) is 2.74. The van der Waals surface area contributed by atoms with E-state index >= 15 is 0 Å². The van der Waals surface area contributed by atoms with Gasteiger partial charge in [-0.05, 0) is 36.6 Å². The molecule has 0 aliphatic heterocycles. The molecular formula is C15H25NS. The summed E-state index contributed by atoms with van der Waals surface area (Å²) in [6.45, 7) is 7.74. The standard InChI is InChI=1S/C15H25NS/c1-12(2)9-14-5-7-15(8-6-14)10-16-13(3)11-17-4/h5-8,12-13,16H,9-11H2,1-4H3. The average Bonchev–Trinajstić information content (AvgIpc) is 2.28. The maximum atomic E-state index is 3.54. The van der Waals surface area contributed by atoms with Gasteiger partial charge in [0.15, 0.2) is 0 Å². The van der Waals surface area contributed by atoms with E-state index in [-0.39, 0.29) is 0 Å². The molecular weight excluding hydrogens is 226 g/mol. The van der Waals surface area contributed by atoms with Gasteiger partial charge in [0.25, 0.3) is 0 Å². The largest absolute Gasteiger partial charge is 0.309 e. The van der Waals surface area contributed by atoms with Crippen LogP contribution in [0.4, 0.5) is 0 Å². The summed E-state index contributed by atoms with van der Waals surface area (Å²) in [6.07, 6.45) is 3.33. The maximum absolute atomic E-state index is 3.54. The zero-order chi connectivity index (χ0) is 12.7. The topological polar surface area (TPSA) is 12.0 Å². The summed E-state index contributed by atoms with van der Waals surface area (Å²) in [5, 5.41) is 3.54. The van der Waals surface area contributed by atoms with Crippen molar-refractivity contribution in [1.82, 2.24) is 5.32 Å². The second-order valence-electron chi connectivity index (χ2n) is 5.15. The molecule has 1 rings (SSSR count). The first-order valence-electron chi connectivity index (χ1n) is 6.42. The van der Waals surface area contributed by atoms with Crippen LogP contribution in [0.3, 0.4) is 0 Å². The van der Waals surface area contributed by atoms with Crippen LogP contribution in [-0.4, -0.2) is 18.1 Å². The summed E-state index contributed by atoms with van der Waals surface area (Å²) in [7, 11) is 0. The quantitative estimate of drug-likeness (QED) is 0.792. The first kappa shape index (κ1) is 14.6. The van der Waals surface area contributed by atoms with Gasteiger partial charge < -0.3 is 5.32 Å². The molecule has 2 heteroatoms. The lowest BCUT2D eigenvalue weighted by atomic mass is 10.0. The van der Waals surface area contributed by atoms with Gasteiger partial charge in [-0.3, -0.25) is 0 Å². The minimum absolute atomic E-state index is 0.584. The zero-order valence-electron chi connectivity index (χ0n) is 11.5. The van der Waals surface area contributed by atoms with Gasteiger partial charge in [0.05, 0.1) is 0 Å². The summed E-state index contributed by atoms with van der Waals surface area (Å²) < 4.78 is 0. The van der Waals surface area contributed by atoms with E-state index < -0.39 is 0 Å². The molecule has 1 atom stereocenters. The average molecular weight is 251 g/mol. The van der Waals surface area contributed by atoms with Crippen LogP contribution in [0, 0.1) is 5.92 Å². The molecule has 0 spiro atoms. The second-order valence-corrected chi connectivity index (χ2v) is 6.06. The molecule has 0 bridgehead atoms. The first-order chi connectivity index (χ1) is 8.11. The Hall–Kier alpha value is -0.470. The summed E-state index contributed by atoms with van der Waals surface area (Å²) in [5.41, 5.74) is 2.83. The molecule has 0 amide bonds. The molecule has 17 heavy (non-hydrogen) atoms. The van der Waals surface area contributed by atoms with E-state index in [0.717, 1.165) is 12.5 Å². The number of hydrogen-bond donors (Lipinski definition) is 1. The lowest BCUT2D eigenvalue weighted by Gasteiger charge is -2.12. The fraction of sp³-hybridized carbons (Fsp3) is 0.600. The van der Waals surface area contributed by atoms with Crippen molar-refractivity contribution in [2.45, 2.75) is 39.8 Å². The summed E-state index contributed by atoms with van der Waals surface area (Å²) in [4.78, 5) is 0. The molecule has 96 valence electrons. The van der Waals surface area contributed by atoms with Crippen LogP contribution in [0.5, 0.6) is 0 Å². The molecule has 1 aromatic carbocycles. The highest BCUT2D eigenvalue weighted by Crippen LogP contribution is 2.10. The summed E-state index contributed by atoms with van der Waals surface area (Å²) >= 11 is 1.89. The van der Waals surface area contributed by atoms with Crippen molar-refractivity contribution in [3.63, 3.8) is 0 Å². The van der Waals surface area contributed by atoms with Crippen molar-refractivity contribution < 1.29 is 0 Å². The van der Waals surface area contributed by atoms with Crippen LogP contribution in [0.15, 0.2) is 24.3 Å². The van der Waals surface area contributed by atoms with Crippen molar-refractivity contribution in [3.8, 4) is 0 Å². The van der Waals surface area contributed by atoms with Crippen molar-refractivity contribution in [1.29, 1.82) is 0 Å². The van der Waals surface area contributed by atoms with E-state index in [1.165, 1.54) is 23.3 Å². The van der Waals surface area contributed by atoms with Crippen LogP contribution in [-0.2, 0) is 13.0 Å². The Morgan fingerprint density at radius 3 is 2.18 bits per heavy atom. The SMILES string of the molecule is CSCC(C)NCc1ccc(CC(C)C)cc1. The molecule has 1 nitrogen and oxygen atoms in total. The lowest BCUT2D eigenvalue weighted by molar-refractivity contribution is 0.595. The van der Waals surface area contributed by atoms with Crippen LogP contribution < -0.4 is 5.32 Å². The predicted octanol–water partition coefficient (Wildman–Crippen LogP) is 3.73. The minimum Gasteiger partial charge on any atom is -0.309 e. The van der Waals surface area contributed by atoms with Crippen molar-refractivity contribution in [2.75, 3.05) is 12.0 Å². The zero-order valence-corrected chi connectivity index (χ0v) is 12.3. The Labute approximate surface area is 110 Å². The molecule has 1 unspecified atom stereocenters. The fourth-order valence-electron chi connectivity index (χ4n) is 1.87. The van der Waals surface area contributed by atoms with Gasteiger partial charge in [0.2, 0.25) is 0 Å². The molecule has 0 saturated heterocycles. The Kier molecular flexibility index (Phi) is 6.68. The van der Waals surface area contributed by atoms with Crippen LogP contribution in [0.25, 0.3) is 0 Å². The smallest absolute Gasteiger partial charge is 0.0208 e. The molecule has 0 aliphatic rings. The van der Waals surface area contributed by atoms with Gasteiger partial charge in [-0.25, -0.2) is 0 Å². The van der Waals surface area contributed by atoms with Gasteiger partial charge in [-0.15, -0.1) is 0 Å². The molecule has 0 fully saturated rings. The van der Waals surface area contributed by atoms with Gasteiger partial charge in [0.1, 0.15) is 0 Å². The monoisotopic (exact) mass is 251 g/mol. The van der Waals surface area contributed by atoms with Crippen LogP contribution in [0.2, 0.25) is 0 Å². The Morgan fingerprint density at radius 2 is 1.65 bits per heavy atom. The van der Waals surface area contributed by atoms with E-state index in [1.54, 1.807) is 0 Å². The Morgan fingerprint density at radius 1 is 1.06 bits per heavy atom. The highest BCUT2D eigenvalue weighted by Gasteiger charge is 2.01. The van der Waals surface area contributed by atoms with E-state index in [1.807, 2.05) is 11.8 Å². The van der Waals surface area contributed by atoms with Crippen molar-refractivity contribution in [3.05, 3.63) is 35.4 Å². The molecule has 1 N–H and O–H groups in total. The number of hydrogen-bond acceptors (Lipinski definition) is 2. The number of rotatable bonds is 7. The molecule has 0 aromatic heterocycles. The van der Waals surface area contributed by atoms with Gasteiger partial charge in [-0.2, -0.15) is 11.8 Å². The molecule has 0 aliphatic carbocycles. The van der Waals surface area contributed by atoms with E-state index in [4.69, 9.17) is 0 Å². The first-order valence-corrected chi connectivity index (χ1v) is 7.81. The molecule has 0 heterocycles. The van der Waals surface area contributed by atoms with Gasteiger partial charge >= 0.3 is 0 Å². The van der Waals surface area contributed by atoms with Crippen molar-refractivity contribution >= 4 is 11.8 Å². The van der Waals surface area contributed by atoms with Gasteiger partial charge in [-0.1, -0.05) is 38.1 Å². The highest BCUT2D eigenvalue weighted by molar-refractivity contribution is 7.98. The summed E-state index contributed by atoms with van der Waals surface area (Å²) in [6, 6.07) is 9.60. The maximum Gasteiger partial charge on any atom is 0.0208 e.